The number of hydrogen-bond donors (Lipinski definition) is 2. The summed E-state index contributed by atoms with van der Waals surface area (Å²) in [6, 6.07) is 10.8. The van der Waals surface area contributed by atoms with Gasteiger partial charge in [0.15, 0.2) is 0 Å². The van der Waals surface area contributed by atoms with Crippen LogP contribution in [0.1, 0.15) is 16.7 Å². The molecule has 0 unspecified atom stereocenters. The van der Waals surface area contributed by atoms with Crippen LogP contribution in [-0.4, -0.2) is 13.1 Å². The Balaban J connectivity index is 2.01. The van der Waals surface area contributed by atoms with E-state index in [1.807, 2.05) is 0 Å². The molecule has 0 atom stereocenters. The quantitative estimate of drug-likeness (QED) is 0.879. The first-order chi connectivity index (χ1) is 11.8. The highest BCUT2D eigenvalue weighted by molar-refractivity contribution is 5.89. The van der Waals surface area contributed by atoms with Crippen LogP contribution in [-0.2, 0) is 12.7 Å². The maximum Gasteiger partial charge on any atom is 0.417 e. The molecule has 0 aromatic heterocycles. The minimum Gasteiger partial charge on any atom is -0.497 e. The molecule has 130 valence electrons. The molecule has 5 nitrogen and oxygen atoms in total. The fourth-order valence-corrected chi connectivity index (χ4v) is 2.06. The van der Waals surface area contributed by atoms with Gasteiger partial charge in [0.05, 0.1) is 24.3 Å². The number of nitrogens with zero attached hydrogens (tertiary/aromatic N) is 1. The lowest BCUT2D eigenvalue weighted by molar-refractivity contribution is -0.137. The number of hydrogen-bond acceptors (Lipinski definition) is 3. The number of rotatable bonds is 4. The summed E-state index contributed by atoms with van der Waals surface area (Å²) >= 11 is 0. The first kappa shape index (κ1) is 18.1. The van der Waals surface area contributed by atoms with Gasteiger partial charge in [-0.25, -0.2) is 4.79 Å². The second-order valence-corrected chi connectivity index (χ2v) is 5.03. The largest absolute Gasteiger partial charge is 0.497 e. The van der Waals surface area contributed by atoms with Gasteiger partial charge in [0.2, 0.25) is 0 Å². The topological polar surface area (TPSA) is 74.2 Å². The number of urea groups is 1. The van der Waals surface area contributed by atoms with Crippen LogP contribution < -0.4 is 15.4 Å². The molecule has 0 spiro atoms. The van der Waals surface area contributed by atoms with Crippen LogP contribution in [0.4, 0.5) is 23.7 Å². The number of halogens is 3. The number of nitriles is 1. The van der Waals surface area contributed by atoms with Crippen molar-refractivity contribution in [2.24, 2.45) is 0 Å². The van der Waals surface area contributed by atoms with Gasteiger partial charge in [-0.05, 0) is 35.9 Å². The third kappa shape index (κ3) is 4.88. The van der Waals surface area contributed by atoms with Crippen molar-refractivity contribution in [1.82, 2.24) is 5.32 Å². The zero-order valence-corrected chi connectivity index (χ0v) is 13.1. The van der Waals surface area contributed by atoms with E-state index in [0.29, 0.717) is 5.75 Å². The van der Waals surface area contributed by atoms with Crippen molar-refractivity contribution in [2.75, 3.05) is 12.4 Å². The Kier molecular flexibility index (Phi) is 5.49. The minimum absolute atomic E-state index is 0.0569. The Morgan fingerprint density at radius 1 is 1.20 bits per heavy atom. The summed E-state index contributed by atoms with van der Waals surface area (Å²) in [5, 5.41) is 13.6. The van der Waals surface area contributed by atoms with Crippen molar-refractivity contribution in [1.29, 1.82) is 5.26 Å². The second-order valence-electron chi connectivity index (χ2n) is 5.03. The van der Waals surface area contributed by atoms with Crippen LogP contribution in [0.2, 0.25) is 0 Å². The van der Waals surface area contributed by atoms with E-state index in [1.54, 1.807) is 24.3 Å². The van der Waals surface area contributed by atoms with Crippen LogP contribution in [0.5, 0.6) is 5.75 Å². The Morgan fingerprint density at radius 3 is 2.44 bits per heavy atom. The van der Waals surface area contributed by atoms with E-state index in [-0.39, 0.29) is 12.2 Å². The molecule has 0 aliphatic carbocycles. The molecule has 8 heteroatoms. The zero-order chi connectivity index (χ0) is 18.4. The van der Waals surface area contributed by atoms with Crippen molar-refractivity contribution in [2.45, 2.75) is 12.7 Å². The molecule has 0 aliphatic rings. The highest BCUT2D eigenvalue weighted by atomic mass is 19.4. The number of alkyl halides is 3. The Labute approximate surface area is 142 Å². The fourth-order valence-electron chi connectivity index (χ4n) is 2.06. The SMILES string of the molecule is COc1ccc(CNC(=O)Nc2ccc(C#N)c(C(F)(F)F)c2)cc1. The third-order valence-electron chi connectivity index (χ3n) is 3.32. The average molecular weight is 349 g/mol. The number of methoxy groups -OCH3 is 1. The van der Waals surface area contributed by atoms with E-state index < -0.39 is 23.3 Å². The van der Waals surface area contributed by atoms with Gasteiger partial charge in [-0.3, -0.25) is 0 Å². The first-order valence-electron chi connectivity index (χ1n) is 7.12. The van der Waals surface area contributed by atoms with Gasteiger partial charge >= 0.3 is 12.2 Å². The number of anilines is 1. The summed E-state index contributed by atoms with van der Waals surface area (Å²) in [6.07, 6.45) is -4.68. The molecule has 0 bridgehead atoms. The van der Waals surface area contributed by atoms with Gasteiger partial charge in [-0.2, -0.15) is 18.4 Å². The number of amides is 2. The van der Waals surface area contributed by atoms with Crippen LogP contribution in [0.15, 0.2) is 42.5 Å². The predicted octanol–water partition coefficient (Wildman–Crippen LogP) is 3.91. The van der Waals surface area contributed by atoms with E-state index in [9.17, 15) is 18.0 Å². The predicted molar refractivity (Wildman–Crippen MR) is 85.0 cm³/mol. The second kappa shape index (κ2) is 7.57. The summed E-state index contributed by atoms with van der Waals surface area (Å²) < 4.78 is 43.7. The Morgan fingerprint density at radius 2 is 1.88 bits per heavy atom. The van der Waals surface area contributed by atoms with Gasteiger partial charge in [0.1, 0.15) is 5.75 Å². The fraction of sp³-hybridized carbons (Fsp3) is 0.176. The summed E-state index contributed by atoms with van der Waals surface area (Å²) in [4.78, 5) is 11.8. The molecule has 2 rings (SSSR count). The highest BCUT2D eigenvalue weighted by Gasteiger charge is 2.33. The third-order valence-corrected chi connectivity index (χ3v) is 3.32. The van der Waals surface area contributed by atoms with E-state index in [0.717, 1.165) is 17.7 Å². The summed E-state index contributed by atoms with van der Waals surface area (Å²) in [7, 11) is 1.54. The van der Waals surface area contributed by atoms with Crippen molar-refractivity contribution in [3.63, 3.8) is 0 Å². The van der Waals surface area contributed by atoms with Crippen LogP contribution in [0.3, 0.4) is 0 Å². The van der Waals surface area contributed by atoms with Gasteiger partial charge in [-0.15, -0.1) is 0 Å². The van der Waals surface area contributed by atoms with Crippen LogP contribution in [0, 0.1) is 11.3 Å². The number of carbonyl (C=O) groups excluding carboxylic acids is 1. The zero-order valence-electron chi connectivity index (χ0n) is 13.1. The smallest absolute Gasteiger partial charge is 0.417 e. The molecule has 0 saturated carbocycles. The number of benzene rings is 2. The van der Waals surface area contributed by atoms with Crippen molar-refractivity contribution in [3.8, 4) is 11.8 Å². The molecule has 2 aromatic rings. The van der Waals surface area contributed by atoms with Crippen LogP contribution in [0.25, 0.3) is 0 Å². The molecule has 0 heterocycles. The molecular weight excluding hydrogens is 335 g/mol. The molecule has 2 N–H and O–H groups in total. The minimum atomic E-state index is -4.68. The molecule has 2 amide bonds. The van der Waals surface area contributed by atoms with Gasteiger partial charge in [-0.1, -0.05) is 12.1 Å². The Hall–Kier alpha value is -3.21. The van der Waals surface area contributed by atoms with E-state index >= 15 is 0 Å². The van der Waals surface area contributed by atoms with Crippen molar-refractivity contribution in [3.05, 3.63) is 59.2 Å². The Bertz CT molecular complexity index is 796. The maximum atomic E-state index is 12.9. The molecule has 2 aromatic carbocycles. The van der Waals surface area contributed by atoms with Crippen LogP contribution >= 0.6 is 0 Å². The molecule has 0 fully saturated rings. The summed E-state index contributed by atoms with van der Waals surface area (Å²) in [6.45, 7) is 0.193. The summed E-state index contributed by atoms with van der Waals surface area (Å²) in [5.41, 5.74) is -0.857. The first-order valence-corrected chi connectivity index (χ1v) is 7.12. The standard InChI is InChI=1S/C17H14F3N3O2/c1-25-14-6-2-11(3-7-14)10-22-16(24)23-13-5-4-12(9-21)15(8-13)17(18,19)20/h2-8H,10H2,1H3,(H2,22,23,24). The highest BCUT2D eigenvalue weighted by Crippen LogP contribution is 2.33. The molecular formula is C17H14F3N3O2. The molecule has 0 aliphatic heterocycles. The number of nitrogens with one attached hydrogen (secondary N) is 2. The van der Waals surface area contributed by atoms with Gasteiger partial charge in [0, 0.05) is 12.2 Å². The summed E-state index contributed by atoms with van der Waals surface area (Å²) in [5.74, 6) is 0.672. The van der Waals surface area contributed by atoms with E-state index in [1.165, 1.54) is 19.2 Å². The maximum absolute atomic E-state index is 12.9. The normalized spacial score (nSPS) is 10.7. The average Bonchev–Trinajstić information content (AvgIpc) is 2.59. The number of ether oxygens (including phenoxy) is 1. The van der Waals surface area contributed by atoms with Crippen molar-refractivity contribution >= 4 is 11.7 Å². The van der Waals surface area contributed by atoms with E-state index in [2.05, 4.69) is 10.6 Å². The lowest BCUT2D eigenvalue weighted by atomic mass is 10.1. The van der Waals surface area contributed by atoms with E-state index in [4.69, 9.17) is 10.00 Å². The van der Waals surface area contributed by atoms with Gasteiger partial charge < -0.3 is 15.4 Å². The monoisotopic (exact) mass is 349 g/mol. The van der Waals surface area contributed by atoms with Crippen molar-refractivity contribution < 1.29 is 22.7 Å². The van der Waals surface area contributed by atoms with Gasteiger partial charge in [0.25, 0.3) is 0 Å². The molecule has 0 saturated heterocycles. The number of carbonyl (C=O) groups is 1. The lowest BCUT2D eigenvalue weighted by Crippen LogP contribution is -2.28. The molecule has 25 heavy (non-hydrogen) atoms. The lowest BCUT2D eigenvalue weighted by Gasteiger charge is -2.12. The molecule has 0 radical (unpaired) electrons.